The van der Waals surface area contributed by atoms with Crippen LogP contribution in [0.4, 0.5) is 0 Å². The van der Waals surface area contributed by atoms with Crippen molar-refractivity contribution in [3.63, 3.8) is 0 Å². The first-order chi connectivity index (χ1) is 10.4. The number of nitrogens with one attached hydrogen (secondary N) is 2. The number of hydrogen-bond donors (Lipinski definition) is 2. The molecule has 1 aliphatic carbocycles. The first-order valence-electron chi connectivity index (χ1n) is 8.60. The van der Waals surface area contributed by atoms with Gasteiger partial charge in [-0.25, -0.2) is 0 Å². The predicted octanol–water partition coefficient (Wildman–Crippen LogP) is 2.55. The van der Waals surface area contributed by atoms with E-state index < -0.39 is 0 Å². The zero-order chi connectivity index (χ0) is 14.8. The molecule has 5 nitrogen and oxygen atoms in total. The topological polar surface area (TPSA) is 54.9 Å². The zero-order valence-electron chi connectivity index (χ0n) is 13.8. The van der Waals surface area contributed by atoms with E-state index in [0.717, 1.165) is 64.2 Å². The van der Waals surface area contributed by atoms with Crippen molar-refractivity contribution >= 4 is 29.9 Å². The molecule has 0 bridgehead atoms. The molecule has 0 amide bonds. The first kappa shape index (κ1) is 20.0. The van der Waals surface area contributed by atoms with Crippen molar-refractivity contribution in [3.8, 4) is 0 Å². The lowest BCUT2D eigenvalue weighted by atomic mass is 10.2. The summed E-state index contributed by atoms with van der Waals surface area (Å²) in [7, 11) is 0. The minimum absolute atomic E-state index is 0. The van der Waals surface area contributed by atoms with Crippen LogP contribution >= 0.6 is 24.0 Å². The van der Waals surface area contributed by atoms with E-state index >= 15 is 0 Å². The van der Waals surface area contributed by atoms with E-state index in [4.69, 9.17) is 9.47 Å². The van der Waals surface area contributed by atoms with Crippen LogP contribution in [0.1, 0.15) is 45.4 Å². The smallest absolute Gasteiger partial charge is 0.191 e. The highest BCUT2D eigenvalue weighted by Gasteiger charge is 2.20. The van der Waals surface area contributed by atoms with Gasteiger partial charge >= 0.3 is 0 Å². The predicted molar refractivity (Wildman–Crippen MR) is 101 cm³/mol. The second-order valence-corrected chi connectivity index (χ2v) is 5.98. The minimum atomic E-state index is 0. The van der Waals surface area contributed by atoms with Gasteiger partial charge in [0, 0.05) is 32.8 Å². The SMILES string of the molecule is CCNC(=NCCCOCC1CCCO1)NCCC1CC1.I. The Morgan fingerprint density at radius 3 is 2.82 bits per heavy atom. The number of aliphatic imine (C=N–C) groups is 1. The summed E-state index contributed by atoms with van der Waals surface area (Å²) >= 11 is 0. The van der Waals surface area contributed by atoms with Gasteiger partial charge in [0.1, 0.15) is 0 Å². The standard InChI is InChI=1S/C16H31N3O2.HI/c1-2-17-16(19-10-8-14-6-7-14)18-9-4-11-20-13-15-5-3-12-21-15;/h14-15H,2-13H2,1H3,(H2,17,18,19);1H. The molecular weight excluding hydrogens is 393 g/mol. The van der Waals surface area contributed by atoms with Gasteiger partial charge in [0.2, 0.25) is 0 Å². The Hall–Kier alpha value is -0.0800. The molecule has 1 unspecified atom stereocenters. The molecule has 2 aliphatic rings. The molecule has 1 heterocycles. The van der Waals surface area contributed by atoms with Crippen LogP contribution in [0.3, 0.4) is 0 Å². The van der Waals surface area contributed by atoms with Crippen LogP contribution in [0.5, 0.6) is 0 Å². The molecule has 2 fully saturated rings. The summed E-state index contributed by atoms with van der Waals surface area (Å²) in [5.41, 5.74) is 0. The Labute approximate surface area is 152 Å². The number of guanidine groups is 1. The van der Waals surface area contributed by atoms with Gasteiger partial charge in [-0.05, 0) is 38.5 Å². The van der Waals surface area contributed by atoms with E-state index in [2.05, 4.69) is 22.5 Å². The Morgan fingerprint density at radius 2 is 2.14 bits per heavy atom. The molecule has 1 aliphatic heterocycles. The molecule has 2 N–H and O–H groups in total. The molecule has 6 heteroatoms. The minimum Gasteiger partial charge on any atom is -0.379 e. The fourth-order valence-corrected chi connectivity index (χ4v) is 2.49. The van der Waals surface area contributed by atoms with E-state index in [1.807, 2.05) is 0 Å². The van der Waals surface area contributed by atoms with Gasteiger partial charge in [-0.3, -0.25) is 4.99 Å². The number of ether oxygens (including phenoxy) is 2. The second kappa shape index (κ2) is 12.4. The van der Waals surface area contributed by atoms with Crippen LogP contribution in [-0.2, 0) is 9.47 Å². The van der Waals surface area contributed by atoms with Crippen LogP contribution in [0, 0.1) is 5.92 Å². The monoisotopic (exact) mass is 425 g/mol. The summed E-state index contributed by atoms with van der Waals surface area (Å²) in [6.07, 6.45) is 7.72. The second-order valence-electron chi connectivity index (χ2n) is 5.98. The molecule has 22 heavy (non-hydrogen) atoms. The van der Waals surface area contributed by atoms with E-state index in [9.17, 15) is 0 Å². The van der Waals surface area contributed by atoms with Crippen LogP contribution in [0.25, 0.3) is 0 Å². The Kier molecular flexibility index (Phi) is 11.2. The maximum atomic E-state index is 5.65. The van der Waals surface area contributed by atoms with E-state index in [1.54, 1.807) is 0 Å². The van der Waals surface area contributed by atoms with Crippen molar-refractivity contribution in [1.29, 1.82) is 0 Å². The van der Waals surface area contributed by atoms with Crippen molar-refractivity contribution < 1.29 is 9.47 Å². The van der Waals surface area contributed by atoms with Gasteiger partial charge < -0.3 is 20.1 Å². The Balaban J connectivity index is 0.00000242. The Bertz CT molecular complexity index is 306. The van der Waals surface area contributed by atoms with Crippen molar-refractivity contribution in [1.82, 2.24) is 10.6 Å². The molecular formula is C16H32IN3O2. The van der Waals surface area contributed by atoms with Gasteiger partial charge in [-0.1, -0.05) is 12.8 Å². The lowest BCUT2D eigenvalue weighted by molar-refractivity contribution is 0.0171. The van der Waals surface area contributed by atoms with Crippen LogP contribution in [-0.4, -0.2) is 51.5 Å². The van der Waals surface area contributed by atoms with Gasteiger partial charge in [-0.15, -0.1) is 24.0 Å². The number of hydrogen-bond acceptors (Lipinski definition) is 3. The van der Waals surface area contributed by atoms with Crippen LogP contribution in [0.2, 0.25) is 0 Å². The summed E-state index contributed by atoms with van der Waals surface area (Å²) in [6, 6.07) is 0. The summed E-state index contributed by atoms with van der Waals surface area (Å²) < 4.78 is 11.2. The third kappa shape index (κ3) is 9.15. The van der Waals surface area contributed by atoms with E-state index in [1.165, 1.54) is 25.7 Å². The maximum Gasteiger partial charge on any atom is 0.191 e. The number of nitrogens with zero attached hydrogens (tertiary/aromatic N) is 1. The van der Waals surface area contributed by atoms with E-state index in [0.29, 0.717) is 6.10 Å². The van der Waals surface area contributed by atoms with Crippen molar-refractivity contribution in [2.45, 2.75) is 51.6 Å². The molecule has 1 atom stereocenters. The first-order valence-corrected chi connectivity index (χ1v) is 8.60. The molecule has 0 radical (unpaired) electrons. The molecule has 1 saturated carbocycles. The van der Waals surface area contributed by atoms with Gasteiger partial charge in [0.15, 0.2) is 5.96 Å². The zero-order valence-corrected chi connectivity index (χ0v) is 16.1. The fraction of sp³-hybridized carbons (Fsp3) is 0.938. The molecule has 0 spiro atoms. The van der Waals surface area contributed by atoms with Crippen LogP contribution < -0.4 is 10.6 Å². The molecule has 130 valence electrons. The number of halogens is 1. The fourth-order valence-electron chi connectivity index (χ4n) is 2.49. The highest BCUT2D eigenvalue weighted by atomic mass is 127. The quantitative estimate of drug-likeness (QED) is 0.245. The number of rotatable bonds is 10. The van der Waals surface area contributed by atoms with Gasteiger partial charge in [0.05, 0.1) is 12.7 Å². The summed E-state index contributed by atoms with van der Waals surface area (Å²) in [5.74, 6) is 1.91. The third-order valence-electron chi connectivity index (χ3n) is 3.93. The third-order valence-corrected chi connectivity index (χ3v) is 3.93. The highest BCUT2D eigenvalue weighted by molar-refractivity contribution is 14.0. The van der Waals surface area contributed by atoms with Gasteiger partial charge in [-0.2, -0.15) is 0 Å². The largest absolute Gasteiger partial charge is 0.379 e. The molecule has 0 aromatic carbocycles. The lowest BCUT2D eigenvalue weighted by Gasteiger charge is -2.11. The molecule has 0 aromatic heterocycles. The molecule has 2 rings (SSSR count). The average molecular weight is 425 g/mol. The average Bonchev–Trinajstić information content (AvgIpc) is 3.16. The maximum absolute atomic E-state index is 5.65. The normalized spacial score (nSPS) is 21.5. The van der Waals surface area contributed by atoms with Crippen molar-refractivity contribution in [2.24, 2.45) is 10.9 Å². The summed E-state index contributed by atoms with van der Waals surface area (Å²) in [5, 5.41) is 6.70. The Morgan fingerprint density at radius 1 is 1.27 bits per heavy atom. The van der Waals surface area contributed by atoms with E-state index in [-0.39, 0.29) is 24.0 Å². The van der Waals surface area contributed by atoms with Crippen LogP contribution in [0.15, 0.2) is 4.99 Å². The highest BCUT2D eigenvalue weighted by Crippen LogP contribution is 2.31. The summed E-state index contributed by atoms with van der Waals surface area (Å²) in [4.78, 5) is 4.58. The summed E-state index contributed by atoms with van der Waals surface area (Å²) in [6.45, 7) is 7.26. The van der Waals surface area contributed by atoms with Crippen molar-refractivity contribution in [3.05, 3.63) is 0 Å². The van der Waals surface area contributed by atoms with Crippen molar-refractivity contribution in [2.75, 3.05) is 39.5 Å². The lowest BCUT2D eigenvalue weighted by Crippen LogP contribution is -2.38. The molecule has 0 aromatic rings. The molecule has 1 saturated heterocycles. The van der Waals surface area contributed by atoms with Gasteiger partial charge in [0.25, 0.3) is 0 Å².